The molecular weight excluding hydrogens is 228 g/mol. The topological polar surface area (TPSA) is 60.4 Å². The molecule has 16 heavy (non-hydrogen) atoms. The lowest BCUT2D eigenvalue weighted by molar-refractivity contribution is -0.119. The van der Waals surface area contributed by atoms with Gasteiger partial charge in [-0.1, -0.05) is 0 Å². The summed E-state index contributed by atoms with van der Waals surface area (Å²) >= 11 is 0. The number of carbonyl (C=O) groups excluding carboxylic acids is 1. The van der Waals surface area contributed by atoms with Gasteiger partial charge >= 0.3 is 0 Å². The minimum absolute atomic E-state index is 0.226. The van der Waals surface area contributed by atoms with Gasteiger partial charge in [-0.05, 0) is 38.1 Å². The first-order valence-corrected chi connectivity index (χ1v) is 6.59. The lowest BCUT2D eigenvalue weighted by Crippen LogP contribution is -2.29. The third-order valence-corrected chi connectivity index (χ3v) is 3.05. The number of carbonyl (C=O) groups is 1. The Balaban J connectivity index is 2.93. The smallest absolute Gasteiger partial charge is 0.175 e. The molecule has 0 aliphatic heterocycles. The van der Waals surface area contributed by atoms with Crippen LogP contribution in [0.25, 0.3) is 0 Å². The van der Waals surface area contributed by atoms with Crippen molar-refractivity contribution in [2.45, 2.75) is 24.3 Å². The molecule has 1 aromatic rings. The SMILES string of the molecule is CC(C)(C=O)Oc1ccc(S(C)(=O)=O)cc1. The Morgan fingerprint density at radius 2 is 1.69 bits per heavy atom. The van der Waals surface area contributed by atoms with Crippen LogP contribution in [0.15, 0.2) is 29.2 Å². The van der Waals surface area contributed by atoms with Gasteiger partial charge in [0.2, 0.25) is 0 Å². The van der Waals surface area contributed by atoms with Crippen LogP contribution in [0.5, 0.6) is 5.75 Å². The van der Waals surface area contributed by atoms with E-state index in [2.05, 4.69) is 0 Å². The maximum absolute atomic E-state index is 11.2. The predicted octanol–water partition coefficient (Wildman–Crippen LogP) is 1.45. The van der Waals surface area contributed by atoms with E-state index in [4.69, 9.17) is 4.74 Å². The molecular formula is C11H14O4S. The third-order valence-electron chi connectivity index (χ3n) is 1.92. The zero-order chi connectivity index (χ0) is 12.4. The van der Waals surface area contributed by atoms with Crippen molar-refractivity contribution in [1.29, 1.82) is 0 Å². The third kappa shape index (κ3) is 3.34. The van der Waals surface area contributed by atoms with E-state index in [9.17, 15) is 13.2 Å². The molecule has 0 amide bonds. The molecule has 0 saturated heterocycles. The molecule has 0 unspecified atom stereocenters. The van der Waals surface area contributed by atoms with Crippen molar-refractivity contribution in [2.24, 2.45) is 0 Å². The van der Waals surface area contributed by atoms with Crippen LogP contribution in [0, 0.1) is 0 Å². The van der Waals surface area contributed by atoms with E-state index in [1.807, 2.05) is 0 Å². The highest BCUT2D eigenvalue weighted by Gasteiger charge is 2.18. The van der Waals surface area contributed by atoms with Crippen molar-refractivity contribution >= 4 is 16.1 Å². The highest BCUT2D eigenvalue weighted by atomic mass is 32.2. The molecule has 0 heterocycles. The van der Waals surface area contributed by atoms with Crippen LogP contribution in [-0.2, 0) is 14.6 Å². The van der Waals surface area contributed by atoms with Gasteiger partial charge < -0.3 is 4.74 Å². The van der Waals surface area contributed by atoms with Crippen molar-refractivity contribution < 1.29 is 17.9 Å². The quantitative estimate of drug-likeness (QED) is 0.750. The fourth-order valence-corrected chi connectivity index (χ4v) is 1.71. The minimum Gasteiger partial charge on any atom is -0.480 e. The number of hydrogen-bond acceptors (Lipinski definition) is 4. The lowest BCUT2D eigenvalue weighted by Gasteiger charge is -2.19. The van der Waals surface area contributed by atoms with E-state index >= 15 is 0 Å². The van der Waals surface area contributed by atoms with Crippen LogP contribution in [0.4, 0.5) is 0 Å². The summed E-state index contributed by atoms with van der Waals surface area (Å²) < 4.78 is 27.7. The molecule has 0 fully saturated rings. The van der Waals surface area contributed by atoms with Crippen LogP contribution in [-0.4, -0.2) is 26.6 Å². The second-order valence-corrected chi connectivity index (χ2v) is 6.08. The molecule has 1 aromatic carbocycles. The maximum Gasteiger partial charge on any atom is 0.175 e. The fourth-order valence-electron chi connectivity index (χ4n) is 1.08. The molecule has 4 nitrogen and oxygen atoms in total. The van der Waals surface area contributed by atoms with Crippen molar-refractivity contribution in [3.8, 4) is 5.75 Å². The summed E-state index contributed by atoms with van der Waals surface area (Å²) in [4.78, 5) is 10.9. The van der Waals surface area contributed by atoms with Crippen LogP contribution < -0.4 is 4.74 Å². The summed E-state index contributed by atoms with van der Waals surface area (Å²) in [6.07, 6.45) is 1.83. The Labute approximate surface area is 95.2 Å². The van der Waals surface area contributed by atoms with Gasteiger partial charge in [0, 0.05) is 6.26 Å². The summed E-state index contributed by atoms with van der Waals surface area (Å²) in [6.45, 7) is 3.26. The van der Waals surface area contributed by atoms with Gasteiger partial charge in [0.1, 0.15) is 5.75 Å². The molecule has 0 atom stereocenters. The molecule has 0 saturated carbocycles. The summed E-state index contributed by atoms with van der Waals surface area (Å²) in [5, 5.41) is 0. The highest BCUT2D eigenvalue weighted by molar-refractivity contribution is 7.90. The number of sulfone groups is 1. The summed E-state index contributed by atoms with van der Waals surface area (Å²) in [5.74, 6) is 0.463. The van der Waals surface area contributed by atoms with Gasteiger partial charge in [-0.2, -0.15) is 0 Å². The van der Waals surface area contributed by atoms with Crippen LogP contribution >= 0.6 is 0 Å². The van der Waals surface area contributed by atoms with Gasteiger partial charge in [-0.15, -0.1) is 0 Å². The zero-order valence-electron chi connectivity index (χ0n) is 9.43. The van der Waals surface area contributed by atoms with Crippen molar-refractivity contribution in [2.75, 3.05) is 6.26 Å². The zero-order valence-corrected chi connectivity index (χ0v) is 10.2. The molecule has 88 valence electrons. The summed E-state index contributed by atoms with van der Waals surface area (Å²) in [6, 6.07) is 5.96. The largest absolute Gasteiger partial charge is 0.480 e. The van der Waals surface area contributed by atoms with E-state index in [1.54, 1.807) is 13.8 Å². The van der Waals surface area contributed by atoms with Gasteiger partial charge in [0.25, 0.3) is 0 Å². The molecule has 0 aliphatic rings. The van der Waals surface area contributed by atoms with E-state index < -0.39 is 15.4 Å². The normalized spacial score (nSPS) is 12.2. The Morgan fingerprint density at radius 1 is 1.19 bits per heavy atom. The Morgan fingerprint density at radius 3 is 2.06 bits per heavy atom. The molecule has 0 radical (unpaired) electrons. The average Bonchev–Trinajstić information content (AvgIpc) is 2.16. The van der Waals surface area contributed by atoms with Gasteiger partial charge in [0.05, 0.1) is 4.90 Å². The molecule has 1 rings (SSSR count). The van der Waals surface area contributed by atoms with Crippen molar-refractivity contribution in [3.63, 3.8) is 0 Å². The number of ether oxygens (including phenoxy) is 1. The molecule has 5 heteroatoms. The molecule has 0 N–H and O–H groups in total. The number of rotatable bonds is 4. The monoisotopic (exact) mass is 242 g/mol. The van der Waals surface area contributed by atoms with Crippen molar-refractivity contribution in [1.82, 2.24) is 0 Å². The second kappa shape index (κ2) is 4.25. The number of aldehydes is 1. The molecule has 0 bridgehead atoms. The number of hydrogen-bond donors (Lipinski definition) is 0. The van der Waals surface area contributed by atoms with Crippen LogP contribution in [0.1, 0.15) is 13.8 Å². The highest BCUT2D eigenvalue weighted by Crippen LogP contribution is 2.19. The first-order valence-electron chi connectivity index (χ1n) is 4.70. The predicted molar refractivity (Wildman–Crippen MR) is 60.3 cm³/mol. The van der Waals surface area contributed by atoms with E-state index in [0.717, 1.165) is 6.26 Å². The standard InChI is InChI=1S/C11H14O4S/c1-11(2,8-12)15-9-4-6-10(7-5-9)16(3,13)14/h4-8H,1-3H3. The first-order chi connectivity index (χ1) is 7.24. The van der Waals surface area contributed by atoms with E-state index in [0.29, 0.717) is 12.0 Å². The Kier molecular flexibility index (Phi) is 3.38. The fraction of sp³-hybridized carbons (Fsp3) is 0.364. The molecule has 0 spiro atoms. The Hall–Kier alpha value is -1.36. The van der Waals surface area contributed by atoms with Crippen LogP contribution in [0.2, 0.25) is 0 Å². The summed E-state index contributed by atoms with van der Waals surface area (Å²) in [5.41, 5.74) is -0.910. The second-order valence-electron chi connectivity index (χ2n) is 4.07. The molecule has 0 aliphatic carbocycles. The average molecular weight is 242 g/mol. The van der Waals surface area contributed by atoms with Gasteiger partial charge in [-0.3, -0.25) is 4.79 Å². The summed E-state index contributed by atoms with van der Waals surface area (Å²) in [7, 11) is -3.19. The first kappa shape index (κ1) is 12.7. The number of benzene rings is 1. The van der Waals surface area contributed by atoms with Crippen LogP contribution in [0.3, 0.4) is 0 Å². The van der Waals surface area contributed by atoms with E-state index in [1.165, 1.54) is 24.3 Å². The van der Waals surface area contributed by atoms with Crippen molar-refractivity contribution in [3.05, 3.63) is 24.3 Å². The Bertz CT molecular complexity index is 471. The lowest BCUT2D eigenvalue weighted by atomic mass is 10.2. The van der Waals surface area contributed by atoms with Gasteiger partial charge in [-0.25, -0.2) is 8.42 Å². The molecule has 0 aromatic heterocycles. The van der Waals surface area contributed by atoms with E-state index in [-0.39, 0.29) is 4.90 Å². The maximum atomic E-state index is 11.2. The van der Waals surface area contributed by atoms with Gasteiger partial charge in [0.15, 0.2) is 21.7 Å². The minimum atomic E-state index is -3.19.